The van der Waals surface area contributed by atoms with Gasteiger partial charge in [0.2, 0.25) is 5.95 Å². The van der Waals surface area contributed by atoms with Crippen LogP contribution in [0.4, 0.5) is 17.3 Å². The zero-order valence-corrected chi connectivity index (χ0v) is 17.9. The molecule has 0 radical (unpaired) electrons. The van der Waals surface area contributed by atoms with Gasteiger partial charge in [0.1, 0.15) is 0 Å². The molecule has 3 aromatic rings. The normalized spacial score (nSPS) is 14.6. The monoisotopic (exact) mass is 423 g/mol. The second kappa shape index (κ2) is 8.31. The highest BCUT2D eigenvalue weighted by Gasteiger charge is 2.20. The highest BCUT2D eigenvalue weighted by atomic mass is 32.2. The number of hydrogen-bond donors (Lipinski definition) is 1. The maximum Gasteiger partial charge on any atom is 0.262 e. The molecule has 1 saturated heterocycles. The Morgan fingerprint density at radius 1 is 0.867 bits per heavy atom. The number of nitrogens with one attached hydrogen (secondary N) is 1. The van der Waals surface area contributed by atoms with Gasteiger partial charge in [0.15, 0.2) is 0 Å². The molecule has 8 heteroatoms. The molecule has 30 heavy (non-hydrogen) atoms. The Hall–Kier alpha value is -3.13. The number of hydrogen-bond acceptors (Lipinski definition) is 6. The molecule has 0 bridgehead atoms. The van der Waals surface area contributed by atoms with E-state index in [0.29, 0.717) is 17.2 Å². The van der Waals surface area contributed by atoms with E-state index >= 15 is 0 Å². The molecule has 0 spiro atoms. The third-order valence-corrected chi connectivity index (χ3v) is 6.74. The van der Waals surface area contributed by atoms with Gasteiger partial charge in [-0.05, 0) is 37.6 Å². The van der Waals surface area contributed by atoms with E-state index in [1.165, 1.54) is 18.1 Å². The first-order valence-corrected chi connectivity index (χ1v) is 11.4. The smallest absolute Gasteiger partial charge is 0.262 e. The van der Waals surface area contributed by atoms with E-state index in [1.807, 2.05) is 31.2 Å². The first-order chi connectivity index (χ1) is 14.4. The molecule has 0 saturated carbocycles. The predicted octanol–water partition coefficient (Wildman–Crippen LogP) is 3.22. The third kappa shape index (κ3) is 4.38. The fourth-order valence-electron chi connectivity index (χ4n) is 3.65. The summed E-state index contributed by atoms with van der Waals surface area (Å²) in [6.45, 7) is 7.10. The molecule has 1 fully saturated rings. The van der Waals surface area contributed by atoms with Gasteiger partial charge in [0.25, 0.3) is 10.0 Å². The van der Waals surface area contributed by atoms with Crippen LogP contribution >= 0.6 is 0 Å². The Labute approximate surface area is 177 Å². The zero-order valence-electron chi connectivity index (χ0n) is 17.1. The van der Waals surface area contributed by atoms with Crippen molar-refractivity contribution in [3.63, 3.8) is 0 Å². The van der Waals surface area contributed by atoms with Crippen LogP contribution < -0.4 is 14.5 Å². The Balaban J connectivity index is 1.41. The lowest BCUT2D eigenvalue weighted by atomic mass is 10.2. The van der Waals surface area contributed by atoms with Crippen LogP contribution in [0.25, 0.3) is 0 Å². The number of rotatable bonds is 5. The van der Waals surface area contributed by atoms with E-state index in [0.717, 1.165) is 31.7 Å². The van der Waals surface area contributed by atoms with Crippen molar-refractivity contribution in [3.05, 3.63) is 72.1 Å². The van der Waals surface area contributed by atoms with Gasteiger partial charge in [-0.15, -0.1) is 0 Å². The van der Waals surface area contributed by atoms with Gasteiger partial charge in [-0.1, -0.05) is 35.9 Å². The Morgan fingerprint density at radius 2 is 1.50 bits per heavy atom. The number of aryl methyl sites for hydroxylation is 2. The molecular weight excluding hydrogens is 398 g/mol. The molecule has 2 heterocycles. The number of piperazine rings is 1. The summed E-state index contributed by atoms with van der Waals surface area (Å²) in [6, 6.07) is 15.6. The van der Waals surface area contributed by atoms with E-state index < -0.39 is 10.0 Å². The molecule has 0 unspecified atom stereocenters. The predicted molar refractivity (Wildman–Crippen MR) is 120 cm³/mol. The summed E-state index contributed by atoms with van der Waals surface area (Å²) in [5, 5.41) is 0. The van der Waals surface area contributed by atoms with Crippen molar-refractivity contribution in [3.8, 4) is 0 Å². The summed E-state index contributed by atoms with van der Waals surface area (Å²) in [5.41, 5.74) is 3.29. The van der Waals surface area contributed by atoms with E-state index in [4.69, 9.17) is 0 Å². The summed E-state index contributed by atoms with van der Waals surface area (Å²) < 4.78 is 28.0. The topological polar surface area (TPSA) is 78.4 Å². The van der Waals surface area contributed by atoms with Crippen LogP contribution in [0.1, 0.15) is 11.1 Å². The van der Waals surface area contributed by atoms with Crippen LogP contribution in [0.2, 0.25) is 0 Å². The van der Waals surface area contributed by atoms with Gasteiger partial charge in [0, 0.05) is 31.9 Å². The summed E-state index contributed by atoms with van der Waals surface area (Å²) in [7, 11) is -3.69. The van der Waals surface area contributed by atoms with Crippen molar-refractivity contribution < 1.29 is 8.42 Å². The van der Waals surface area contributed by atoms with Crippen LogP contribution in [0.3, 0.4) is 0 Å². The molecule has 7 nitrogen and oxygen atoms in total. The Kier molecular flexibility index (Phi) is 5.59. The number of nitrogens with zero attached hydrogens (tertiary/aromatic N) is 4. The van der Waals surface area contributed by atoms with Gasteiger partial charge in [0.05, 0.1) is 23.0 Å². The minimum Gasteiger partial charge on any atom is -0.368 e. The van der Waals surface area contributed by atoms with Crippen LogP contribution in [0.5, 0.6) is 0 Å². The first-order valence-electron chi connectivity index (χ1n) is 9.89. The highest BCUT2D eigenvalue weighted by Crippen LogP contribution is 2.21. The van der Waals surface area contributed by atoms with E-state index in [-0.39, 0.29) is 4.90 Å². The van der Waals surface area contributed by atoms with Crippen molar-refractivity contribution in [2.45, 2.75) is 18.7 Å². The largest absolute Gasteiger partial charge is 0.368 e. The lowest BCUT2D eigenvalue weighted by Gasteiger charge is -2.36. The molecule has 2 aromatic carbocycles. The molecule has 1 aromatic heterocycles. The lowest BCUT2D eigenvalue weighted by Crippen LogP contribution is -2.47. The summed E-state index contributed by atoms with van der Waals surface area (Å²) >= 11 is 0. The van der Waals surface area contributed by atoms with Crippen molar-refractivity contribution >= 4 is 27.3 Å². The molecule has 4 rings (SSSR count). The number of para-hydroxylation sites is 1. The van der Waals surface area contributed by atoms with Gasteiger partial charge < -0.3 is 9.80 Å². The molecule has 156 valence electrons. The fraction of sp³-hybridized carbons (Fsp3) is 0.273. The summed E-state index contributed by atoms with van der Waals surface area (Å²) in [5.74, 6) is 0.608. The molecular formula is C22H25N5O2S. The van der Waals surface area contributed by atoms with Crippen LogP contribution in [0.15, 0.2) is 65.8 Å². The standard InChI is InChI=1S/C22H25N5O2S/c1-17-8-9-21(18(2)14-17)30(28,29)25-19-15-23-22(24-16-19)27-12-10-26(11-13-27)20-6-4-3-5-7-20/h3-9,14-16,25H,10-13H2,1-2H3. The third-order valence-electron chi connectivity index (χ3n) is 5.19. The lowest BCUT2D eigenvalue weighted by molar-refractivity contribution is 0.600. The van der Waals surface area contributed by atoms with Gasteiger partial charge in [-0.2, -0.15) is 0 Å². The summed E-state index contributed by atoms with van der Waals surface area (Å²) in [6.07, 6.45) is 3.04. The number of aromatic nitrogens is 2. The number of benzene rings is 2. The Morgan fingerprint density at radius 3 is 2.13 bits per heavy atom. The van der Waals surface area contributed by atoms with Crippen LogP contribution in [-0.4, -0.2) is 44.6 Å². The fourth-order valence-corrected chi connectivity index (χ4v) is 4.91. The number of anilines is 3. The van der Waals surface area contributed by atoms with E-state index in [9.17, 15) is 8.42 Å². The Bertz CT molecular complexity index is 1110. The summed E-state index contributed by atoms with van der Waals surface area (Å²) in [4.78, 5) is 13.5. The molecule has 1 aliphatic rings. The van der Waals surface area contributed by atoms with Gasteiger partial charge in [-0.25, -0.2) is 18.4 Å². The molecule has 0 aliphatic carbocycles. The van der Waals surface area contributed by atoms with E-state index in [2.05, 4.69) is 36.6 Å². The van der Waals surface area contributed by atoms with Gasteiger partial charge in [-0.3, -0.25) is 4.72 Å². The molecule has 0 amide bonds. The van der Waals surface area contributed by atoms with Crippen molar-refractivity contribution in [1.82, 2.24) is 9.97 Å². The SMILES string of the molecule is Cc1ccc(S(=O)(=O)Nc2cnc(N3CCN(c4ccccc4)CC3)nc2)c(C)c1. The second-order valence-electron chi connectivity index (χ2n) is 7.46. The van der Waals surface area contributed by atoms with Crippen molar-refractivity contribution in [2.75, 3.05) is 40.7 Å². The molecule has 0 atom stereocenters. The average Bonchev–Trinajstić information content (AvgIpc) is 2.74. The maximum atomic E-state index is 12.7. The van der Waals surface area contributed by atoms with Crippen molar-refractivity contribution in [1.29, 1.82) is 0 Å². The minimum atomic E-state index is -3.69. The second-order valence-corrected chi connectivity index (χ2v) is 9.11. The van der Waals surface area contributed by atoms with Gasteiger partial charge >= 0.3 is 0 Å². The molecule has 1 aliphatic heterocycles. The maximum absolute atomic E-state index is 12.7. The zero-order chi connectivity index (χ0) is 21.1. The molecule has 1 N–H and O–H groups in total. The minimum absolute atomic E-state index is 0.259. The van der Waals surface area contributed by atoms with Crippen molar-refractivity contribution in [2.24, 2.45) is 0 Å². The number of sulfonamides is 1. The van der Waals surface area contributed by atoms with Crippen LogP contribution in [-0.2, 0) is 10.0 Å². The quantitative estimate of drug-likeness (QED) is 0.679. The average molecular weight is 424 g/mol. The first kappa shape index (κ1) is 20.2. The van der Waals surface area contributed by atoms with E-state index in [1.54, 1.807) is 19.1 Å². The highest BCUT2D eigenvalue weighted by molar-refractivity contribution is 7.92. The van der Waals surface area contributed by atoms with Crippen LogP contribution in [0, 0.1) is 13.8 Å².